The normalized spacial score (nSPS) is 11.0. The van der Waals surface area contributed by atoms with Crippen molar-refractivity contribution in [2.45, 2.75) is 39.8 Å². The molecule has 3 aromatic heterocycles. The predicted octanol–water partition coefficient (Wildman–Crippen LogP) is 5.23. The maximum Gasteiger partial charge on any atom is 0.270 e. The van der Waals surface area contributed by atoms with Crippen LogP contribution in [0.2, 0.25) is 5.02 Å². The summed E-state index contributed by atoms with van der Waals surface area (Å²) in [5.74, 6) is 0.334. The lowest BCUT2D eigenvalue weighted by Gasteiger charge is -2.13. The smallest absolute Gasteiger partial charge is 0.270 e. The number of fused-ring (bicyclic) bond motifs is 1. The molecule has 0 aliphatic rings. The summed E-state index contributed by atoms with van der Waals surface area (Å²) >= 11 is 6.54. The van der Waals surface area contributed by atoms with Crippen LogP contribution in [0.4, 0.5) is 0 Å². The van der Waals surface area contributed by atoms with E-state index in [9.17, 15) is 9.59 Å². The maximum atomic E-state index is 12.9. The molecule has 0 aliphatic carbocycles. The SMILES string of the molecule is CCCc1c(C(C)=O)c2ccc(C(=O)NCc3cccnc3)nc2n1Cc1ccc(OC)cc1Cl. The molecule has 0 bridgehead atoms. The van der Waals surface area contributed by atoms with Crippen LogP contribution >= 0.6 is 11.6 Å². The average molecular weight is 491 g/mol. The molecule has 4 aromatic rings. The van der Waals surface area contributed by atoms with E-state index in [1.54, 1.807) is 38.6 Å². The van der Waals surface area contributed by atoms with Gasteiger partial charge in [0.25, 0.3) is 5.91 Å². The average Bonchev–Trinajstić information content (AvgIpc) is 3.17. The highest BCUT2D eigenvalue weighted by Crippen LogP contribution is 2.30. The molecule has 0 spiro atoms. The molecule has 0 unspecified atom stereocenters. The number of pyridine rings is 2. The highest BCUT2D eigenvalue weighted by atomic mass is 35.5. The number of rotatable bonds is 9. The lowest BCUT2D eigenvalue weighted by atomic mass is 10.1. The Morgan fingerprint density at radius 1 is 1.17 bits per heavy atom. The molecule has 3 heterocycles. The summed E-state index contributed by atoms with van der Waals surface area (Å²) in [7, 11) is 1.59. The molecule has 0 radical (unpaired) electrons. The van der Waals surface area contributed by atoms with Crippen LogP contribution in [0.25, 0.3) is 11.0 Å². The predicted molar refractivity (Wildman–Crippen MR) is 136 cm³/mol. The van der Waals surface area contributed by atoms with Crippen LogP contribution in [0, 0.1) is 0 Å². The fourth-order valence-corrected chi connectivity index (χ4v) is 4.41. The Kier molecular flexibility index (Phi) is 7.46. The number of methoxy groups -OCH3 is 1. The molecule has 1 amide bonds. The zero-order valence-corrected chi connectivity index (χ0v) is 20.7. The van der Waals surface area contributed by atoms with Crippen LogP contribution in [0.5, 0.6) is 5.75 Å². The molecule has 180 valence electrons. The topological polar surface area (TPSA) is 86.1 Å². The molecule has 0 fully saturated rings. The highest BCUT2D eigenvalue weighted by molar-refractivity contribution is 6.31. The van der Waals surface area contributed by atoms with E-state index in [-0.39, 0.29) is 17.4 Å². The number of hydrogen-bond donors (Lipinski definition) is 1. The first-order valence-corrected chi connectivity index (χ1v) is 11.8. The van der Waals surface area contributed by atoms with Gasteiger partial charge in [0, 0.05) is 40.6 Å². The summed E-state index contributed by atoms with van der Waals surface area (Å²) in [6, 6.07) is 12.7. The molecule has 0 aliphatic heterocycles. The molecule has 0 saturated carbocycles. The summed E-state index contributed by atoms with van der Waals surface area (Å²) < 4.78 is 7.27. The van der Waals surface area contributed by atoms with Gasteiger partial charge in [0.05, 0.1) is 13.7 Å². The Hall–Kier alpha value is -3.71. The van der Waals surface area contributed by atoms with E-state index >= 15 is 0 Å². The zero-order valence-electron chi connectivity index (χ0n) is 20.0. The van der Waals surface area contributed by atoms with Crippen molar-refractivity contribution < 1.29 is 14.3 Å². The first-order chi connectivity index (χ1) is 16.9. The van der Waals surface area contributed by atoms with E-state index < -0.39 is 0 Å². The highest BCUT2D eigenvalue weighted by Gasteiger charge is 2.23. The number of aromatic nitrogens is 3. The summed E-state index contributed by atoms with van der Waals surface area (Å²) in [5.41, 5.74) is 4.15. The van der Waals surface area contributed by atoms with E-state index in [0.29, 0.717) is 41.5 Å². The minimum atomic E-state index is -0.299. The van der Waals surface area contributed by atoms with Gasteiger partial charge in [-0.1, -0.05) is 37.1 Å². The molecule has 4 rings (SSSR count). The van der Waals surface area contributed by atoms with Gasteiger partial charge in [-0.25, -0.2) is 4.98 Å². The number of carbonyl (C=O) groups excluding carboxylic acids is 2. The number of Topliss-reactive ketones (excluding diaryl/α,β-unsaturated/α-hetero) is 1. The van der Waals surface area contributed by atoms with E-state index in [1.165, 1.54) is 0 Å². The quantitative estimate of drug-likeness (QED) is 0.325. The van der Waals surface area contributed by atoms with Crippen LogP contribution < -0.4 is 10.1 Å². The zero-order chi connectivity index (χ0) is 24.9. The molecule has 0 atom stereocenters. The lowest BCUT2D eigenvalue weighted by Crippen LogP contribution is -2.24. The van der Waals surface area contributed by atoms with Crippen molar-refractivity contribution in [1.29, 1.82) is 0 Å². The van der Waals surface area contributed by atoms with Gasteiger partial charge in [0.15, 0.2) is 5.78 Å². The van der Waals surface area contributed by atoms with E-state index in [2.05, 4.69) is 17.2 Å². The van der Waals surface area contributed by atoms with Crippen molar-refractivity contribution >= 4 is 34.3 Å². The summed E-state index contributed by atoms with van der Waals surface area (Å²) in [4.78, 5) is 34.4. The number of nitrogens with one attached hydrogen (secondary N) is 1. The monoisotopic (exact) mass is 490 g/mol. The van der Waals surface area contributed by atoms with Crippen LogP contribution in [0.1, 0.15) is 57.9 Å². The van der Waals surface area contributed by atoms with Crippen LogP contribution in [0.15, 0.2) is 54.9 Å². The lowest BCUT2D eigenvalue weighted by molar-refractivity contribution is 0.0945. The Bertz CT molecular complexity index is 1380. The minimum absolute atomic E-state index is 0.0337. The van der Waals surface area contributed by atoms with Gasteiger partial charge in [-0.3, -0.25) is 14.6 Å². The van der Waals surface area contributed by atoms with Gasteiger partial charge >= 0.3 is 0 Å². The van der Waals surface area contributed by atoms with Gasteiger partial charge in [0.1, 0.15) is 17.1 Å². The first-order valence-electron chi connectivity index (χ1n) is 11.5. The second-order valence-corrected chi connectivity index (χ2v) is 8.69. The maximum absolute atomic E-state index is 12.9. The van der Waals surface area contributed by atoms with Crippen molar-refractivity contribution in [3.63, 3.8) is 0 Å². The summed E-state index contributed by atoms with van der Waals surface area (Å²) in [6.07, 6.45) is 4.94. The largest absolute Gasteiger partial charge is 0.497 e. The second kappa shape index (κ2) is 10.7. The third-order valence-corrected chi connectivity index (χ3v) is 6.20. The molecule has 35 heavy (non-hydrogen) atoms. The minimum Gasteiger partial charge on any atom is -0.497 e. The van der Waals surface area contributed by atoms with Crippen molar-refractivity contribution in [3.8, 4) is 5.75 Å². The second-order valence-electron chi connectivity index (χ2n) is 8.28. The number of halogens is 1. The molecule has 1 aromatic carbocycles. The fraction of sp³-hybridized carbons (Fsp3) is 0.259. The molecular weight excluding hydrogens is 464 g/mol. The van der Waals surface area contributed by atoms with Gasteiger partial charge < -0.3 is 14.6 Å². The van der Waals surface area contributed by atoms with E-state index in [1.807, 2.05) is 34.9 Å². The molecule has 1 N–H and O–H groups in total. The molecular formula is C27H27ClN4O3. The number of carbonyl (C=O) groups is 2. The Morgan fingerprint density at radius 3 is 2.66 bits per heavy atom. The molecule has 7 nitrogen and oxygen atoms in total. The van der Waals surface area contributed by atoms with Crippen molar-refractivity contribution in [1.82, 2.24) is 19.9 Å². The number of ketones is 1. The summed E-state index contributed by atoms with van der Waals surface area (Å²) in [5, 5.41) is 4.18. The molecule has 0 saturated heterocycles. The molecule has 8 heteroatoms. The van der Waals surface area contributed by atoms with E-state index in [4.69, 9.17) is 21.3 Å². The Labute approximate surface area is 209 Å². The van der Waals surface area contributed by atoms with E-state index in [0.717, 1.165) is 28.6 Å². The van der Waals surface area contributed by atoms with Crippen molar-refractivity contribution in [2.75, 3.05) is 7.11 Å². The third kappa shape index (κ3) is 5.20. The number of ether oxygens (including phenoxy) is 1. The van der Waals surface area contributed by atoms with Gasteiger partial charge in [-0.2, -0.15) is 0 Å². The van der Waals surface area contributed by atoms with Gasteiger partial charge in [0.2, 0.25) is 0 Å². The van der Waals surface area contributed by atoms with Gasteiger partial charge in [-0.05, 0) is 54.8 Å². The Morgan fingerprint density at radius 2 is 2.00 bits per heavy atom. The fourth-order valence-electron chi connectivity index (χ4n) is 4.18. The van der Waals surface area contributed by atoms with Crippen molar-refractivity contribution in [2.24, 2.45) is 0 Å². The number of benzene rings is 1. The van der Waals surface area contributed by atoms with Gasteiger partial charge in [-0.15, -0.1) is 0 Å². The van der Waals surface area contributed by atoms with Crippen LogP contribution in [-0.2, 0) is 19.5 Å². The Balaban J connectivity index is 1.77. The number of nitrogens with zero attached hydrogens (tertiary/aromatic N) is 3. The van der Waals surface area contributed by atoms with Crippen LogP contribution in [-0.4, -0.2) is 33.3 Å². The van der Waals surface area contributed by atoms with Crippen molar-refractivity contribution in [3.05, 3.63) is 88.0 Å². The first kappa shape index (κ1) is 24.4. The number of hydrogen-bond acceptors (Lipinski definition) is 5. The third-order valence-electron chi connectivity index (χ3n) is 5.85. The van der Waals surface area contributed by atoms with Crippen LogP contribution in [0.3, 0.4) is 0 Å². The standard InChI is InChI=1S/C27H27ClN4O3/c1-4-6-24-25(17(2)33)21-10-11-23(27(34)30-15-18-7-5-12-29-14-18)31-26(21)32(24)16-19-8-9-20(35-3)13-22(19)28/h5,7-14H,4,6,15-16H2,1-3H3,(H,30,34). The number of amides is 1. The summed E-state index contributed by atoms with van der Waals surface area (Å²) in [6.45, 7) is 4.38.